The number of piperazine rings is 1. The summed E-state index contributed by atoms with van der Waals surface area (Å²) in [6.45, 7) is 11.2. The molecular formula is C18H30N4O3. The summed E-state index contributed by atoms with van der Waals surface area (Å²) in [6, 6.07) is 2.62. The van der Waals surface area contributed by atoms with Crippen LogP contribution in [0, 0.1) is 0 Å². The second-order valence-corrected chi connectivity index (χ2v) is 7.62. The molecule has 2 aliphatic rings. The van der Waals surface area contributed by atoms with Crippen LogP contribution in [0.3, 0.4) is 0 Å². The molecule has 0 bridgehead atoms. The van der Waals surface area contributed by atoms with Gasteiger partial charge in [-0.3, -0.25) is 14.6 Å². The molecule has 0 unspecified atom stereocenters. The molecule has 1 atom stereocenters. The fraction of sp³-hybridized carbons (Fsp3) is 0.778. The second kappa shape index (κ2) is 7.85. The first-order chi connectivity index (χ1) is 11.9. The highest BCUT2D eigenvalue weighted by atomic mass is 16.5. The third kappa shape index (κ3) is 4.40. The van der Waals surface area contributed by atoms with Crippen molar-refractivity contribution < 1.29 is 14.4 Å². The second-order valence-electron chi connectivity index (χ2n) is 7.62. The van der Waals surface area contributed by atoms with E-state index >= 15 is 0 Å². The summed E-state index contributed by atoms with van der Waals surface area (Å²) in [4.78, 5) is 19.2. The molecule has 0 aliphatic carbocycles. The predicted molar refractivity (Wildman–Crippen MR) is 94.2 cm³/mol. The van der Waals surface area contributed by atoms with Gasteiger partial charge in [0.05, 0.1) is 12.6 Å². The van der Waals surface area contributed by atoms with Crippen molar-refractivity contribution >= 4 is 5.91 Å². The van der Waals surface area contributed by atoms with Crippen molar-refractivity contribution in [3.63, 3.8) is 0 Å². The van der Waals surface area contributed by atoms with Crippen molar-refractivity contribution in [2.24, 2.45) is 0 Å². The van der Waals surface area contributed by atoms with Crippen LogP contribution in [0.2, 0.25) is 0 Å². The largest absolute Gasteiger partial charge is 0.393 e. The summed E-state index contributed by atoms with van der Waals surface area (Å²) in [5, 5.41) is 13.6. The van der Waals surface area contributed by atoms with Crippen LogP contribution in [-0.4, -0.2) is 81.8 Å². The molecule has 2 aliphatic heterocycles. The Morgan fingerprint density at radius 2 is 2.04 bits per heavy atom. The molecule has 1 amide bonds. The van der Waals surface area contributed by atoms with Gasteiger partial charge in [-0.2, -0.15) is 0 Å². The predicted octanol–water partition coefficient (Wildman–Crippen LogP) is 1.19. The molecule has 3 heterocycles. The molecule has 1 aromatic heterocycles. The van der Waals surface area contributed by atoms with E-state index in [4.69, 9.17) is 4.52 Å². The number of hydrogen-bond donors (Lipinski definition) is 1. The summed E-state index contributed by atoms with van der Waals surface area (Å²) in [6.07, 6.45) is 1.39. The van der Waals surface area contributed by atoms with E-state index in [-0.39, 0.29) is 12.0 Å². The Bertz CT molecular complexity index is 581. The van der Waals surface area contributed by atoms with Gasteiger partial charge in [-0.1, -0.05) is 5.16 Å². The third-order valence-electron chi connectivity index (χ3n) is 5.34. The lowest BCUT2D eigenvalue weighted by molar-refractivity contribution is 0.0418. The summed E-state index contributed by atoms with van der Waals surface area (Å²) >= 11 is 0. The first-order valence-corrected chi connectivity index (χ1v) is 9.35. The number of piperidine rings is 1. The highest BCUT2D eigenvalue weighted by molar-refractivity contribution is 5.92. The van der Waals surface area contributed by atoms with E-state index in [1.807, 2.05) is 4.90 Å². The standard InChI is InChI=1S/C18H30N4O3/c1-13(2)22-9-8-21(11-14(22)3)18(24)17-10-16(25-19-17)12-20-6-4-15(23)5-7-20/h10,13-15,23H,4-9,11-12H2,1-3H3/t14-/m1/s1. The van der Waals surface area contributed by atoms with E-state index < -0.39 is 0 Å². The van der Waals surface area contributed by atoms with Crippen LogP contribution in [0.25, 0.3) is 0 Å². The first kappa shape index (κ1) is 18.4. The Labute approximate surface area is 149 Å². The van der Waals surface area contributed by atoms with Crippen LogP contribution in [0.1, 0.15) is 49.9 Å². The lowest BCUT2D eigenvalue weighted by atomic mass is 10.1. The van der Waals surface area contributed by atoms with E-state index in [9.17, 15) is 9.90 Å². The lowest BCUT2D eigenvalue weighted by Crippen LogP contribution is -2.55. The van der Waals surface area contributed by atoms with Gasteiger partial charge in [-0.25, -0.2) is 0 Å². The van der Waals surface area contributed by atoms with Gasteiger partial charge in [-0.15, -0.1) is 0 Å². The maximum Gasteiger partial charge on any atom is 0.276 e. The highest BCUT2D eigenvalue weighted by Gasteiger charge is 2.30. The minimum Gasteiger partial charge on any atom is -0.393 e. The first-order valence-electron chi connectivity index (χ1n) is 9.35. The SMILES string of the molecule is CC(C)N1CCN(C(=O)c2cc(CN3CCC(O)CC3)on2)C[C@H]1C. The van der Waals surface area contributed by atoms with Gasteiger partial charge in [0.1, 0.15) is 0 Å². The van der Waals surface area contributed by atoms with Gasteiger partial charge in [0.15, 0.2) is 11.5 Å². The van der Waals surface area contributed by atoms with Gasteiger partial charge in [-0.05, 0) is 33.6 Å². The molecular weight excluding hydrogens is 320 g/mol. The molecule has 1 aromatic rings. The van der Waals surface area contributed by atoms with Crippen molar-refractivity contribution in [3.05, 3.63) is 17.5 Å². The van der Waals surface area contributed by atoms with Crippen LogP contribution in [-0.2, 0) is 6.54 Å². The van der Waals surface area contributed by atoms with Crippen molar-refractivity contribution in [3.8, 4) is 0 Å². The average molecular weight is 350 g/mol. The van der Waals surface area contributed by atoms with Gasteiger partial charge in [0.2, 0.25) is 0 Å². The Kier molecular flexibility index (Phi) is 5.76. The molecule has 3 rings (SSSR count). The smallest absolute Gasteiger partial charge is 0.276 e. The Morgan fingerprint density at radius 1 is 1.32 bits per heavy atom. The van der Waals surface area contributed by atoms with E-state index in [1.165, 1.54) is 0 Å². The average Bonchev–Trinajstić information content (AvgIpc) is 3.04. The van der Waals surface area contributed by atoms with Crippen molar-refractivity contribution in [1.82, 2.24) is 19.9 Å². The molecule has 140 valence electrons. The summed E-state index contributed by atoms with van der Waals surface area (Å²) in [5.74, 6) is 0.674. The topological polar surface area (TPSA) is 73.0 Å². The number of carbonyl (C=O) groups excluding carboxylic acids is 1. The maximum absolute atomic E-state index is 12.7. The van der Waals surface area contributed by atoms with Crippen LogP contribution in [0.15, 0.2) is 10.6 Å². The molecule has 2 saturated heterocycles. The van der Waals surface area contributed by atoms with E-state index in [1.54, 1.807) is 6.07 Å². The molecule has 0 saturated carbocycles. The van der Waals surface area contributed by atoms with Gasteiger partial charge < -0.3 is 14.5 Å². The molecule has 1 N–H and O–H groups in total. The monoisotopic (exact) mass is 350 g/mol. The Balaban J connectivity index is 1.56. The number of rotatable bonds is 4. The normalized spacial score (nSPS) is 24.2. The number of carbonyl (C=O) groups is 1. The lowest BCUT2D eigenvalue weighted by Gasteiger charge is -2.41. The number of aliphatic hydroxyl groups is 1. The molecule has 25 heavy (non-hydrogen) atoms. The highest BCUT2D eigenvalue weighted by Crippen LogP contribution is 2.17. The number of aromatic nitrogens is 1. The van der Waals surface area contributed by atoms with Crippen molar-refractivity contribution in [1.29, 1.82) is 0 Å². The van der Waals surface area contributed by atoms with E-state index in [0.717, 1.165) is 45.6 Å². The molecule has 0 spiro atoms. The minimum atomic E-state index is -0.186. The van der Waals surface area contributed by atoms with E-state index in [0.29, 0.717) is 30.1 Å². The quantitative estimate of drug-likeness (QED) is 0.879. The van der Waals surface area contributed by atoms with Crippen LogP contribution < -0.4 is 0 Å². The summed E-state index contributed by atoms with van der Waals surface area (Å²) < 4.78 is 5.38. The number of nitrogens with zero attached hydrogens (tertiary/aromatic N) is 4. The van der Waals surface area contributed by atoms with Crippen LogP contribution >= 0.6 is 0 Å². The minimum absolute atomic E-state index is 0.0423. The maximum atomic E-state index is 12.7. The summed E-state index contributed by atoms with van der Waals surface area (Å²) in [5.41, 5.74) is 0.400. The van der Waals surface area contributed by atoms with Crippen LogP contribution in [0.5, 0.6) is 0 Å². The zero-order valence-corrected chi connectivity index (χ0v) is 15.5. The van der Waals surface area contributed by atoms with Crippen molar-refractivity contribution in [2.45, 2.75) is 58.3 Å². The number of amides is 1. The molecule has 2 fully saturated rings. The van der Waals surface area contributed by atoms with Gasteiger partial charge >= 0.3 is 0 Å². The fourth-order valence-corrected chi connectivity index (χ4v) is 3.87. The molecule has 0 aromatic carbocycles. The molecule has 7 nitrogen and oxygen atoms in total. The Hall–Kier alpha value is -1.44. The van der Waals surface area contributed by atoms with Gasteiger partial charge in [0.25, 0.3) is 5.91 Å². The van der Waals surface area contributed by atoms with Gasteiger partial charge in [0, 0.05) is 50.9 Å². The van der Waals surface area contributed by atoms with E-state index in [2.05, 4.69) is 35.7 Å². The molecule has 7 heteroatoms. The zero-order valence-electron chi connectivity index (χ0n) is 15.5. The third-order valence-corrected chi connectivity index (χ3v) is 5.34. The zero-order chi connectivity index (χ0) is 18.0. The van der Waals surface area contributed by atoms with Crippen LogP contribution in [0.4, 0.5) is 0 Å². The molecule has 0 radical (unpaired) electrons. The number of aliphatic hydroxyl groups excluding tert-OH is 1. The summed E-state index contributed by atoms with van der Waals surface area (Å²) in [7, 11) is 0. The number of likely N-dealkylation sites (tertiary alicyclic amines) is 1. The Morgan fingerprint density at radius 3 is 2.68 bits per heavy atom. The van der Waals surface area contributed by atoms with Crippen molar-refractivity contribution in [2.75, 3.05) is 32.7 Å². The number of hydrogen-bond acceptors (Lipinski definition) is 6. The fourth-order valence-electron chi connectivity index (χ4n) is 3.87.